The molecule has 6 nitrogen and oxygen atoms in total. The predicted octanol–water partition coefficient (Wildman–Crippen LogP) is 2.15. The number of aromatic amines is 1. The van der Waals surface area contributed by atoms with E-state index < -0.39 is 0 Å². The van der Waals surface area contributed by atoms with Gasteiger partial charge in [0.05, 0.1) is 6.42 Å². The standard InChI is InChI=1S/C18H21ClN4O2/c1-2-15-12-16(21-20-15)18(25)23-9-7-22(8-10-23)17(24)11-13-3-5-14(19)6-4-13/h3-6,12H,2,7-11H2,1H3,(H,20,21). The van der Waals surface area contributed by atoms with Gasteiger partial charge in [0.1, 0.15) is 5.69 Å². The summed E-state index contributed by atoms with van der Waals surface area (Å²) in [4.78, 5) is 28.4. The Hall–Kier alpha value is -2.34. The highest BCUT2D eigenvalue weighted by Gasteiger charge is 2.26. The quantitative estimate of drug-likeness (QED) is 0.908. The number of nitrogens with zero attached hydrogens (tertiary/aromatic N) is 3. The normalized spacial score (nSPS) is 14.6. The van der Waals surface area contributed by atoms with E-state index in [0.29, 0.717) is 43.3 Å². The summed E-state index contributed by atoms with van der Waals surface area (Å²) < 4.78 is 0. The zero-order valence-corrected chi connectivity index (χ0v) is 14.9. The van der Waals surface area contributed by atoms with Crippen molar-refractivity contribution in [3.05, 3.63) is 52.3 Å². The van der Waals surface area contributed by atoms with Crippen molar-refractivity contribution in [2.45, 2.75) is 19.8 Å². The molecule has 0 saturated carbocycles. The van der Waals surface area contributed by atoms with Crippen LogP contribution in [0.3, 0.4) is 0 Å². The van der Waals surface area contributed by atoms with Gasteiger partial charge < -0.3 is 9.80 Å². The minimum Gasteiger partial charge on any atom is -0.339 e. The lowest BCUT2D eigenvalue weighted by Crippen LogP contribution is -2.51. The van der Waals surface area contributed by atoms with Gasteiger partial charge in [-0.15, -0.1) is 0 Å². The molecule has 2 heterocycles. The highest BCUT2D eigenvalue weighted by Crippen LogP contribution is 2.13. The minimum absolute atomic E-state index is 0.0717. The van der Waals surface area contributed by atoms with Crippen molar-refractivity contribution in [3.63, 3.8) is 0 Å². The van der Waals surface area contributed by atoms with Crippen molar-refractivity contribution >= 4 is 23.4 Å². The van der Waals surface area contributed by atoms with Gasteiger partial charge in [-0.1, -0.05) is 30.7 Å². The molecule has 7 heteroatoms. The fourth-order valence-electron chi connectivity index (χ4n) is 2.86. The Morgan fingerprint density at radius 2 is 1.76 bits per heavy atom. The van der Waals surface area contributed by atoms with Crippen LogP contribution in [0.2, 0.25) is 5.02 Å². The number of rotatable bonds is 4. The Morgan fingerprint density at radius 1 is 1.12 bits per heavy atom. The number of halogens is 1. The first-order valence-corrected chi connectivity index (χ1v) is 8.80. The Morgan fingerprint density at radius 3 is 2.36 bits per heavy atom. The Balaban J connectivity index is 1.53. The van der Waals surface area contributed by atoms with E-state index in [-0.39, 0.29) is 11.8 Å². The molecule has 0 bridgehead atoms. The van der Waals surface area contributed by atoms with Gasteiger partial charge in [-0.3, -0.25) is 14.7 Å². The maximum absolute atomic E-state index is 12.5. The molecule has 0 aliphatic carbocycles. The molecule has 3 rings (SSSR count). The number of benzene rings is 1. The number of carbonyl (C=O) groups is 2. The second-order valence-corrected chi connectivity index (χ2v) is 6.54. The highest BCUT2D eigenvalue weighted by atomic mass is 35.5. The van der Waals surface area contributed by atoms with Crippen molar-refractivity contribution in [1.82, 2.24) is 20.0 Å². The van der Waals surface area contributed by atoms with Gasteiger partial charge in [0.2, 0.25) is 5.91 Å². The fraction of sp³-hybridized carbons (Fsp3) is 0.389. The minimum atomic E-state index is -0.0826. The SMILES string of the molecule is CCc1cc(C(=O)N2CCN(C(=O)Cc3ccc(Cl)cc3)CC2)n[nH]1. The van der Waals surface area contributed by atoms with Crippen LogP contribution in [-0.2, 0) is 17.6 Å². The largest absolute Gasteiger partial charge is 0.339 e. The summed E-state index contributed by atoms with van der Waals surface area (Å²) in [5.74, 6) is -0.0109. The number of nitrogens with one attached hydrogen (secondary N) is 1. The van der Waals surface area contributed by atoms with Crippen LogP contribution in [0.25, 0.3) is 0 Å². The van der Waals surface area contributed by atoms with E-state index in [1.807, 2.05) is 19.1 Å². The third kappa shape index (κ3) is 4.20. The van der Waals surface area contributed by atoms with Gasteiger partial charge in [-0.2, -0.15) is 5.10 Å². The van der Waals surface area contributed by atoms with E-state index >= 15 is 0 Å². The lowest BCUT2D eigenvalue weighted by molar-refractivity contribution is -0.131. The first kappa shape index (κ1) is 17.5. The first-order chi connectivity index (χ1) is 12.1. The van der Waals surface area contributed by atoms with Gasteiger partial charge in [0, 0.05) is 36.9 Å². The van der Waals surface area contributed by atoms with Crippen LogP contribution in [0.5, 0.6) is 0 Å². The molecule has 1 aromatic heterocycles. The summed E-state index contributed by atoms with van der Waals surface area (Å²) in [6.07, 6.45) is 1.16. The van der Waals surface area contributed by atoms with E-state index in [4.69, 9.17) is 11.6 Å². The fourth-order valence-corrected chi connectivity index (χ4v) is 2.99. The molecule has 0 unspecified atom stereocenters. The molecule has 0 atom stereocenters. The topological polar surface area (TPSA) is 69.3 Å². The number of H-pyrrole nitrogens is 1. The second-order valence-electron chi connectivity index (χ2n) is 6.11. The van der Waals surface area contributed by atoms with Crippen LogP contribution >= 0.6 is 11.6 Å². The maximum Gasteiger partial charge on any atom is 0.274 e. The van der Waals surface area contributed by atoms with Gasteiger partial charge in [-0.25, -0.2) is 0 Å². The lowest BCUT2D eigenvalue weighted by atomic mass is 10.1. The van der Waals surface area contributed by atoms with E-state index in [0.717, 1.165) is 17.7 Å². The van der Waals surface area contributed by atoms with Gasteiger partial charge >= 0.3 is 0 Å². The monoisotopic (exact) mass is 360 g/mol. The van der Waals surface area contributed by atoms with E-state index in [1.165, 1.54) is 0 Å². The molecule has 1 aliphatic heterocycles. The molecule has 1 N–H and O–H groups in total. The summed E-state index contributed by atoms with van der Waals surface area (Å²) in [6.45, 7) is 4.15. The number of hydrogen-bond acceptors (Lipinski definition) is 3. The third-order valence-corrected chi connectivity index (χ3v) is 4.67. The van der Waals surface area contributed by atoms with Gasteiger partial charge in [0.25, 0.3) is 5.91 Å². The maximum atomic E-state index is 12.5. The molecular weight excluding hydrogens is 340 g/mol. The number of aromatic nitrogens is 2. The molecule has 132 valence electrons. The summed E-state index contributed by atoms with van der Waals surface area (Å²) in [5.41, 5.74) is 2.33. The van der Waals surface area contributed by atoms with Gasteiger partial charge in [0.15, 0.2) is 0 Å². The van der Waals surface area contributed by atoms with Crippen molar-refractivity contribution in [2.75, 3.05) is 26.2 Å². The molecule has 2 amide bonds. The van der Waals surface area contributed by atoms with Crippen LogP contribution in [0.1, 0.15) is 28.7 Å². The van der Waals surface area contributed by atoms with Gasteiger partial charge in [-0.05, 0) is 30.2 Å². The smallest absolute Gasteiger partial charge is 0.274 e. The summed E-state index contributed by atoms with van der Waals surface area (Å²) >= 11 is 5.86. The van der Waals surface area contributed by atoms with Crippen LogP contribution < -0.4 is 0 Å². The Bertz CT molecular complexity index is 749. The zero-order valence-electron chi connectivity index (χ0n) is 14.2. The number of aryl methyl sites for hydroxylation is 1. The van der Waals surface area contributed by atoms with Crippen molar-refractivity contribution in [1.29, 1.82) is 0 Å². The molecule has 25 heavy (non-hydrogen) atoms. The number of amides is 2. The molecule has 0 spiro atoms. The highest BCUT2D eigenvalue weighted by molar-refractivity contribution is 6.30. The van der Waals surface area contributed by atoms with E-state index in [1.54, 1.807) is 28.0 Å². The summed E-state index contributed by atoms with van der Waals surface area (Å²) in [6, 6.07) is 9.09. The molecule has 1 aliphatic rings. The number of carbonyl (C=O) groups excluding carboxylic acids is 2. The number of piperazine rings is 1. The third-order valence-electron chi connectivity index (χ3n) is 4.42. The molecule has 2 aromatic rings. The Labute approximate surface area is 151 Å². The predicted molar refractivity (Wildman–Crippen MR) is 95.6 cm³/mol. The van der Waals surface area contributed by atoms with Crippen molar-refractivity contribution in [2.24, 2.45) is 0 Å². The van der Waals surface area contributed by atoms with Crippen LogP contribution in [0, 0.1) is 0 Å². The van der Waals surface area contributed by atoms with Crippen LogP contribution in [0.15, 0.2) is 30.3 Å². The average Bonchev–Trinajstić information content (AvgIpc) is 3.12. The molecule has 1 fully saturated rings. The van der Waals surface area contributed by atoms with E-state index in [2.05, 4.69) is 10.2 Å². The molecule has 1 saturated heterocycles. The average molecular weight is 361 g/mol. The van der Waals surface area contributed by atoms with Crippen LogP contribution in [0.4, 0.5) is 0 Å². The molecular formula is C18H21ClN4O2. The summed E-state index contributed by atoms with van der Waals surface area (Å²) in [7, 11) is 0. The molecule has 1 aromatic carbocycles. The van der Waals surface area contributed by atoms with Crippen molar-refractivity contribution < 1.29 is 9.59 Å². The zero-order chi connectivity index (χ0) is 17.8. The van der Waals surface area contributed by atoms with Crippen LogP contribution in [-0.4, -0.2) is 58.0 Å². The Kier molecular flexibility index (Phi) is 5.38. The van der Waals surface area contributed by atoms with E-state index in [9.17, 15) is 9.59 Å². The summed E-state index contributed by atoms with van der Waals surface area (Å²) in [5, 5.41) is 7.59. The van der Waals surface area contributed by atoms with Crippen molar-refractivity contribution in [3.8, 4) is 0 Å². The second kappa shape index (κ2) is 7.70. The first-order valence-electron chi connectivity index (χ1n) is 8.42. The lowest BCUT2D eigenvalue weighted by Gasteiger charge is -2.34. The number of hydrogen-bond donors (Lipinski definition) is 1. The molecule has 0 radical (unpaired) electrons.